The van der Waals surface area contributed by atoms with Crippen molar-refractivity contribution in [3.8, 4) is 5.75 Å². The zero-order valence-corrected chi connectivity index (χ0v) is 8.94. The molecule has 1 rings (SSSR count). The van der Waals surface area contributed by atoms with Gasteiger partial charge in [0.05, 0.1) is 6.61 Å². The molecule has 5 heteroatoms. The number of halogens is 1. The molecular weight excluding hydrogens is 213 g/mol. The first-order valence-electron chi connectivity index (χ1n) is 4.90. The first kappa shape index (κ1) is 12.4. The minimum atomic E-state index is -0.415. The summed E-state index contributed by atoms with van der Waals surface area (Å²) in [6.07, 6.45) is 0. The van der Waals surface area contributed by atoms with E-state index in [9.17, 15) is 9.18 Å². The number of amides is 1. The lowest BCUT2D eigenvalue weighted by molar-refractivity contribution is -0.124. The Bertz CT molecular complexity index is 357. The predicted molar refractivity (Wildman–Crippen MR) is 56.6 cm³/mol. The molecule has 1 aromatic rings. The Kier molecular flexibility index (Phi) is 4.72. The van der Waals surface area contributed by atoms with Crippen LogP contribution in [0.15, 0.2) is 24.3 Å². The summed E-state index contributed by atoms with van der Waals surface area (Å²) in [6, 6.07) is 5.23. The van der Waals surface area contributed by atoms with Crippen molar-refractivity contribution >= 4 is 5.91 Å². The van der Waals surface area contributed by atoms with Gasteiger partial charge in [-0.25, -0.2) is 4.39 Å². The van der Waals surface area contributed by atoms with E-state index in [-0.39, 0.29) is 25.2 Å². The molecule has 1 amide bonds. The molecular formula is C11H14FNO3. The van der Waals surface area contributed by atoms with Crippen molar-refractivity contribution in [1.29, 1.82) is 0 Å². The van der Waals surface area contributed by atoms with Gasteiger partial charge in [0.15, 0.2) is 6.61 Å². The van der Waals surface area contributed by atoms with E-state index in [1.54, 1.807) is 13.0 Å². The second-order valence-corrected chi connectivity index (χ2v) is 3.40. The topological polar surface area (TPSA) is 58.6 Å². The Morgan fingerprint density at radius 1 is 1.62 bits per heavy atom. The van der Waals surface area contributed by atoms with Crippen LogP contribution in [0.25, 0.3) is 0 Å². The smallest absolute Gasteiger partial charge is 0.258 e. The standard InChI is InChI=1S/C11H14FNO3/c1-8(6-14)13-11(15)7-16-10-4-2-3-9(12)5-10/h2-5,8,14H,6-7H2,1H3,(H,13,15)/t8-/m1/s1. The third-order valence-corrected chi connectivity index (χ3v) is 1.85. The fraction of sp³-hybridized carbons (Fsp3) is 0.364. The lowest BCUT2D eigenvalue weighted by Gasteiger charge is -2.11. The number of ether oxygens (including phenoxy) is 1. The quantitative estimate of drug-likeness (QED) is 0.778. The predicted octanol–water partition coefficient (Wildman–Crippen LogP) is 0.701. The molecule has 4 nitrogen and oxygen atoms in total. The minimum Gasteiger partial charge on any atom is -0.484 e. The van der Waals surface area contributed by atoms with Crippen LogP contribution in [0.2, 0.25) is 0 Å². The number of carbonyl (C=O) groups excluding carboxylic acids is 1. The molecule has 2 N–H and O–H groups in total. The molecule has 0 aliphatic heterocycles. The Hall–Kier alpha value is -1.62. The van der Waals surface area contributed by atoms with E-state index < -0.39 is 5.82 Å². The van der Waals surface area contributed by atoms with Gasteiger partial charge in [-0.2, -0.15) is 0 Å². The molecule has 0 unspecified atom stereocenters. The van der Waals surface area contributed by atoms with E-state index in [0.29, 0.717) is 5.75 Å². The van der Waals surface area contributed by atoms with Crippen molar-refractivity contribution in [1.82, 2.24) is 5.32 Å². The summed E-state index contributed by atoms with van der Waals surface area (Å²) < 4.78 is 17.8. The Morgan fingerprint density at radius 3 is 3.00 bits per heavy atom. The van der Waals surface area contributed by atoms with Crippen LogP contribution in [0.4, 0.5) is 4.39 Å². The third-order valence-electron chi connectivity index (χ3n) is 1.85. The largest absolute Gasteiger partial charge is 0.484 e. The summed E-state index contributed by atoms with van der Waals surface area (Å²) in [5.74, 6) is -0.473. The second kappa shape index (κ2) is 6.07. The Labute approximate surface area is 93.0 Å². The summed E-state index contributed by atoms with van der Waals surface area (Å²) in [5, 5.41) is 11.2. The van der Waals surface area contributed by atoms with Crippen LogP contribution >= 0.6 is 0 Å². The highest BCUT2D eigenvalue weighted by Crippen LogP contribution is 2.11. The maximum absolute atomic E-state index is 12.7. The van der Waals surface area contributed by atoms with E-state index in [4.69, 9.17) is 9.84 Å². The number of aliphatic hydroxyl groups excluding tert-OH is 1. The minimum absolute atomic E-state index is 0.133. The first-order valence-corrected chi connectivity index (χ1v) is 4.90. The third kappa shape index (κ3) is 4.27. The number of hydrogen-bond acceptors (Lipinski definition) is 3. The molecule has 0 aliphatic carbocycles. The average molecular weight is 227 g/mol. The molecule has 0 aliphatic rings. The Balaban J connectivity index is 2.37. The molecule has 0 heterocycles. The van der Waals surface area contributed by atoms with Crippen molar-refractivity contribution in [3.63, 3.8) is 0 Å². The van der Waals surface area contributed by atoms with E-state index in [2.05, 4.69) is 5.32 Å². The van der Waals surface area contributed by atoms with Crippen LogP contribution in [0, 0.1) is 5.82 Å². The van der Waals surface area contributed by atoms with Crippen LogP contribution in [-0.4, -0.2) is 30.3 Å². The van der Waals surface area contributed by atoms with Crippen molar-refractivity contribution in [3.05, 3.63) is 30.1 Å². The number of benzene rings is 1. The monoisotopic (exact) mass is 227 g/mol. The number of aliphatic hydroxyl groups is 1. The van der Waals surface area contributed by atoms with Gasteiger partial charge in [-0.05, 0) is 19.1 Å². The molecule has 1 atom stereocenters. The zero-order valence-electron chi connectivity index (χ0n) is 8.94. The van der Waals surface area contributed by atoms with Gasteiger partial charge in [-0.1, -0.05) is 6.07 Å². The number of carbonyl (C=O) groups is 1. The highest BCUT2D eigenvalue weighted by molar-refractivity contribution is 5.77. The van der Waals surface area contributed by atoms with Gasteiger partial charge in [0.1, 0.15) is 11.6 Å². The lowest BCUT2D eigenvalue weighted by Crippen LogP contribution is -2.38. The van der Waals surface area contributed by atoms with Crippen molar-refractivity contribution in [2.24, 2.45) is 0 Å². The second-order valence-electron chi connectivity index (χ2n) is 3.40. The maximum Gasteiger partial charge on any atom is 0.258 e. The van der Waals surface area contributed by atoms with Crippen molar-refractivity contribution < 1.29 is 19.0 Å². The number of hydrogen-bond donors (Lipinski definition) is 2. The van der Waals surface area contributed by atoms with Crippen LogP contribution < -0.4 is 10.1 Å². The molecule has 1 aromatic carbocycles. The maximum atomic E-state index is 12.7. The normalized spacial score (nSPS) is 11.9. The summed E-state index contributed by atoms with van der Waals surface area (Å²) in [6.45, 7) is 1.33. The average Bonchev–Trinajstić information content (AvgIpc) is 2.26. The van der Waals surface area contributed by atoms with E-state index >= 15 is 0 Å². The van der Waals surface area contributed by atoms with Crippen LogP contribution in [0.1, 0.15) is 6.92 Å². The Morgan fingerprint density at radius 2 is 2.38 bits per heavy atom. The summed E-state index contributed by atoms with van der Waals surface area (Å²) in [4.78, 5) is 11.2. The molecule has 0 fully saturated rings. The van der Waals surface area contributed by atoms with E-state index in [0.717, 1.165) is 0 Å². The molecule has 16 heavy (non-hydrogen) atoms. The van der Waals surface area contributed by atoms with Crippen molar-refractivity contribution in [2.75, 3.05) is 13.2 Å². The van der Waals surface area contributed by atoms with Gasteiger partial charge in [0.25, 0.3) is 5.91 Å². The first-order chi connectivity index (χ1) is 7.61. The van der Waals surface area contributed by atoms with E-state index in [1.165, 1.54) is 18.2 Å². The molecule has 0 radical (unpaired) electrons. The highest BCUT2D eigenvalue weighted by Gasteiger charge is 2.06. The molecule has 0 spiro atoms. The lowest BCUT2D eigenvalue weighted by atomic mass is 10.3. The van der Waals surface area contributed by atoms with Gasteiger partial charge < -0.3 is 15.2 Å². The molecule has 0 saturated carbocycles. The van der Waals surface area contributed by atoms with Crippen LogP contribution in [0.5, 0.6) is 5.75 Å². The number of rotatable bonds is 5. The summed E-state index contributed by atoms with van der Waals surface area (Å²) in [7, 11) is 0. The van der Waals surface area contributed by atoms with Crippen LogP contribution in [-0.2, 0) is 4.79 Å². The molecule has 0 aromatic heterocycles. The van der Waals surface area contributed by atoms with Crippen molar-refractivity contribution in [2.45, 2.75) is 13.0 Å². The fourth-order valence-corrected chi connectivity index (χ4v) is 1.07. The molecule has 88 valence electrons. The van der Waals surface area contributed by atoms with Crippen LogP contribution in [0.3, 0.4) is 0 Å². The van der Waals surface area contributed by atoms with Gasteiger partial charge in [-0.3, -0.25) is 4.79 Å². The van der Waals surface area contributed by atoms with Gasteiger partial charge in [0, 0.05) is 12.1 Å². The van der Waals surface area contributed by atoms with Gasteiger partial charge >= 0.3 is 0 Å². The van der Waals surface area contributed by atoms with Gasteiger partial charge in [-0.15, -0.1) is 0 Å². The molecule has 0 saturated heterocycles. The summed E-state index contributed by atoms with van der Waals surface area (Å²) >= 11 is 0. The highest BCUT2D eigenvalue weighted by atomic mass is 19.1. The SMILES string of the molecule is C[C@H](CO)NC(=O)COc1cccc(F)c1. The zero-order chi connectivity index (χ0) is 12.0. The summed E-state index contributed by atoms with van der Waals surface area (Å²) in [5.41, 5.74) is 0. The molecule has 0 bridgehead atoms. The fourth-order valence-electron chi connectivity index (χ4n) is 1.07. The van der Waals surface area contributed by atoms with E-state index in [1.807, 2.05) is 0 Å². The van der Waals surface area contributed by atoms with Gasteiger partial charge in [0.2, 0.25) is 0 Å². The number of nitrogens with one attached hydrogen (secondary N) is 1.